The van der Waals surface area contributed by atoms with Crippen molar-refractivity contribution in [3.8, 4) is 5.75 Å². The minimum absolute atomic E-state index is 0.445. The van der Waals surface area contributed by atoms with Crippen LogP contribution in [0, 0.1) is 5.92 Å². The fraction of sp³-hybridized carbons (Fsp3) is 0.538. The van der Waals surface area contributed by atoms with Crippen molar-refractivity contribution in [1.82, 2.24) is 0 Å². The molecule has 4 heteroatoms. The van der Waals surface area contributed by atoms with E-state index in [1.165, 1.54) is 0 Å². The number of rotatable bonds is 3. The van der Waals surface area contributed by atoms with Crippen LogP contribution in [0.3, 0.4) is 0 Å². The maximum atomic E-state index is 5.88. The summed E-state index contributed by atoms with van der Waals surface area (Å²) in [6, 6.07) is 7.81. The zero-order valence-corrected chi connectivity index (χ0v) is 11.7. The Balaban J connectivity index is 2.21. The smallest absolute Gasteiger partial charge is 0.204 e. The third-order valence-corrected chi connectivity index (χ3v) is 3.65. The molecule has 1 aromatic rings. The Labute approximate surface area is 110 Å². The molecule has 0 N–H and O–H groups in total. The molecular weight excluding hydrogens is 284 g/mol. The average Bonchev–Trinajstić information content (AvgIpc) is 2.40. The molecule has 0 spiro atoms. The molecule has 0 aliphatic carbocycles. The van der Waals surface area contributed by atoms with Gasteiger partial charge in [0.25, 0.3) is 0 Å². The molecule has 0 saturated carbocycles. The lowest BCUT2D eigenvalue weighted by Crippen LogP contribution is -2.42. The molecule has 0 radical (unpaired) electrons. The topological polar surface area (TPSA) is 27.7 Å². The minimum atomic E-state index is -0.654. The average molecular weight is 301 g/mol. The number of methoxy groups -OCH3 is 1. The van der Waals surface area contributed by atoms with Gasteiger partial charge in [0, 0.05) is 11.5 Å². The Bertz CT molecular complexity index is 355. The zero-order valence-electron chi connectivity index (χ0n) is 10.1. The second-order valence-electron chi connectivity index (χ2n) is 4.34. The molecule has 0 atom stereocenters. The van der Waals surface area contributed by atoms with Gasteiger partial charge in [-0.2, -0.15) is 0 Å². The highest BCUT2D eigenvalue weighted by Gasteiger charge is 2.37. The molecule has 1 heterocycles. The number of ether oxygens (including phenoxy) is 3. The summed E-state index contributed by atoms with van der Waals surface area (Å²) in [5.74, 6) is 0.627. The van der Waals surface area contributed by atoms with E-state index in [2.05, 4.69) is 22.9 Å². The number of halogens is 1. The lowest BCUT2D eigenvalue weighted by atomic mass is 10.0. The first-order valence-electron chi connectivity index (χ1n) is 5.68. The Hall–Kier alpha value is -0.580. The van der Waals surface area contributed by atoms with Crippen molar-refractivity contribution in [2.75, 3.05) is 25.7 Å². The van der Waals surface area contributed by atoms with E-state index in [0.717, 1.165) is 24.5 Å². The van der Waals surface area contributed by atoms with Gasteiger partial charge in [-0.05, 0) is 24.3 Å². The van der Waals surface area contributed by atoms with Gasteiger partial charge in [-0.25, -0.2) is 0 Å². The molecule has 1 fully saturated rings. The van der Waals surface area contributed by atoms with E-state index >= 15 is 0 Å². The van der Waals surface area contributed by atoms with Crippen LogP contribution in [0.5, 0.6) is 5.75 Å². The van der Waals surface area contributed by atoms with Crippen LogP contribution in [-0.2, 0) is 15.3 Å². The zero-order chi connectivity index (χ0) is 12.3. The predicted octanol–water partition coefficient (Wildman–Crippen LogP) is 2.93. The van der Waals surface area contributed by atoms with Gasteiger partial charge in [0.1, 0.15) is 5.75 Å². The van der Waals surface area contributed by atoms with Crippen LogP contribution in [0.25, 0.3) is 0 Å². The quantitative estimate of drug-likeness (QED) is 0.803. The number of hydrogen-bond acceptors (Lipinski definition) is 3. The summed E-state index contributed by atoms with van der Waals surface area (Å²) in [7, 11) is 1.66. The van der Waals surface area contributed by atoms with Crippen molar-refractivity contribution in [2.45, 2.75) is 12.7 Å². The fourth-order valence-corrected chi connectivity index (χ4v) is 2.46. The van der Waals surface area contributed by atoms with Crippen LogP contribution >= 0.6 is 15.9 Å². The SMILES string of the molecule is COc1ccc(C2(CBr)OCC(C)CO2)cc1. The summed E-state index contributed by atoms with van der Waals surface area (Å²) >= 11 is 3.48. The molecule has 1 aromatic carbocycles. The first-order valence-corrected chi connectivity index (χ1v) is 6.81. The van der Waals surface area contributed by atoms with Crippen molar-refractivity contribution < 1.29 is 14.2 Å². The molecule has 1 saturated heterocycles. The Kier molecular flexibility index (Phi) is 4.07. The van der Waals surface area contributed by atoms with Crippen LogP contribution < -0.4 is 4.74 Å². The van der Waals surface area contributed by atoms with E-state index in [9.17, 15) is 0 Å². The van der Waals surface area contributed by atoms with Crippen molar-refractivity contribution >= 4 is 15.9 Å². The standard InChI is InChI=1S/C13H17BrO3/c1-10-7-16-13(9-14,17-8-10)11-3-5-12(15-2)6-4-11/h3-6,10H,7-9H2,1-2H3. The highest BCUT2D eigenvalue weighted by atomic mass is 79.9. The molecule has 17 heavy (non-hydrogen) atoms. The third-order valence-electron chi connectivity index (χ3n) is 2.91. The van der Waals surface area contributed by atoms with Crippen LogP contribution in [0.2, 0.25) is 0 Å². The normalized spacial score (nSPS) is 29.0. The maximum Gasteiger partial charge on any atom is 0.204 e. The van der Waals surface area contributed by atoms with Gasteiger partial charge in [-0.15, -0.1) is 0 Å². The highest BCUT2D eigenvalue weighted by molar-refractivity contribution is 9.09. The molecule has 3 nitrogen and oxygen atoms in total. The van der Waals surface area contributed by atoms with E-state index < -0.39 is 5.79 Å². The van der Waals surface area contributed by atoms with Gasteiger partial charge in [0.15, 0.2) is 0 Å². The maximum absolute atomic E-state index is 5.88. The Morgan fingerprint density at radius 2 is 1.88 bits per heavy atom. The summed E-state index contributed by atoms with van der Waals surface area (Å²) in [6.45, 7) is 3.56. The molecule has 94 valence electrons. The number of alkyl halides is 1. The van der Waals surface area contributed by atoms with Gasteiger partial charge >= 0.3 is 0 Å². The summed E-state index contributed by atoms with van der Waals surface area (Å²) in [6.07, 6.45) is 0. The molecule has 1 aliphatic rings. The van der Waals surface area contributed by atoms with Crippen LogP contribution in [0.4, 0.5) is 0 Å². The molecule has 1 aliphatic heterocycles. The molecule has 2 rings (SSSR count). The lowest BCUT2D eigenvalue weighted by molar-refractivity contribution is -0.275. The summed E-state index contributed by atoms with van der Waals surface area (Å²) in [4.78, 5) is 0. The first-order chi connectivity index (χ1) is 8.20. The lowest BCUT2D eigenvalue weighted by Gasteiger charge is -2.38. The van der Waals surface area contributed by atoms with E-state index in [1.807, 2.05) is 24.3 Å². The van der Waals surface area contributed by atoms with Gasteiger partial charge in [-0.3, -0.25) is 0 Å². The van der Waals surface area contributed by atoms with Crippen molar-refractivity contribution in [2.24, 2.45) is 5.92 Å². The Morgan fingerprint density at radius 1 is 1.29 bits per heavy atom. The largest absolute Gasteiger partial charge is 0.497 e. The second-order valence-corrected chi connectivity index (χ2v) is 4.90. The monoisotopic (exact) mass is 300 g/mol. The third kappa shape index (κ3) is 2.64. The van der Waals surface area contributed by atoms with Gasteiger partial charge in [0.05, 0.1) is 25.7 Å². The number of hydrogen-bond donors (Lipinski definition) is 0. The van der Waals surface area contributed by atoms with E-state index in [1.54, 1.807) is 7.11 Å². The van der Waals surface area contributed by atoms with Crippen molar-refractivity contribution in [3.05, 3.63) is 29.8 Å². The molecule has 0 unspecified atom stereocenters. The van der Waals surface area contributed by atoms with Gasteiger partial charge in [-0.1, -0.05) is 22.9 Å². The second kappa shape index (κ2) is 5.38. The molecule has 0 bridgehead atoms. The van der Waals surface area contributed by atoms with Crippen LogP contribution in [-0.4, -0.2) is 25.7 Å². The fourth-order valence-electron chi connectivity index (χ4n) is 1.81. The molecular formula is C13H17BrO3. The van der Waals surface area contributed by atoms with Gasteiger partial charge < -0.3 is 14.2 Å². The van der Waals surface area contributed by atoms with Crippen LogP contribution in [0.1, 0.15) is 12.5 Å². The highest BCUT2D eigenvalue weighted by Crippen LogP contribution is 2.34. The van der Waals surface area contributed by atoms with E-state index in [-0.39, 0.29) is 0 Å². The number of benzene rings is 1. The van der Waals surface area contributed by atoms with Crippen molar-refractivity contribution in [3.63, 3.8) is 0 Å². The first kappa shape index (κ1) is 12.9. The van der Waals surface area contributed by atoms with E-state index in [4.69, 9.17) is 14.2 Å². The summed E-state index contributed by atoms with van der Waals surface area (Å²) in [5.41, 5.74) is 1.02. The van der Waals surface area contributed by atoms with Gasteiger partial charge in [0.2, 0.25) is 5.79 Å². The van der Waals surface area contributed by atoms with E-state index in [0.29, 0.717) is 11.2 Å². The van der Waals surface area contributed by atoms with Crippen molar-refractivity contribution in [1.29, 1.82) is 0 Å². The minimum Gasteiger partial charge on any atom is -0.497 e. The molecule has 0 amide bonds. The molecule has 0 aromatic heterocycles. The predicted molar refractivity (Wildman–Crippen MR) is 69.5 cm³/mol. The van der Waals surface area contributed by atoms with Crippen LogP contribution in [0.15, 0.2) is 24.3 Å². The summed E-state index contributed by atoms with van der Waals surface area (Å²) in [5, 5.41) is 0.624. The Morgan fingerprint density at radius 3 is 2.35 bits per heavy atom. The summed E-state index contributed by atoms with van der Waals surface area (Å²) < 4.78 is 16.9.